The predicted molar refractivity (Wildman–Crippen MR) is 71.2 cm³/mol. The van der Waals surface area contributed by atoms with Crippen molar-refractivity contribution in [1.82, 2.24) is 4.98 Å². The van der Waals surface area contributed by atoms with E-state index in [4.69, 9.17) is 0 Å². The van der Waals surface area contributed by atoms with Gasteiger partial charge in [0, 0.05) is 36.2 Å². The third-order valence-corrected chi connectivity index (χ3v) is 3.45. The molecule has 0 saturated heterocycles. The van der Waals surface area contributed by atoms with Crippen LogP contribution in [0.25, 0.3) is 0 Å². The molecule has 0 amide bonds. The summed E-state index contributed by atoms with van der Waals surface area (Å²) in [5, 5.41) is 9.42. The molecular weight excluding hydrogens is 224 g/mol. The summed E-state index contributed by atoms with van der Waals surface area (Å²) in [5.41, 5.74) is 5.72. The molecule has 2 heterocycles. The average molecular weight is 240 g/mol. The molecule has 3 rings (SSSR count). The van der Waals surface area contributed by atoms with Crippen LogP contribution in [0.2, 0.25) is 0 Å². The number of rotatable bonds is 2. The van der Waals surface area contributed by atoms with Crippen LogP contribution in [-0.2, 0) is 19.7 Å². The van der Waals surface area contributed by atoms with Gasteiger partial charge < -0.3 is 10.0 Å². The summed E-state index contributed by atoms with van der Waals surface area (Å²) in [4.78, 5) is 6.54. The lowest BCUT2D eigenvalue weighted by molar-refractivity contribution is 0.281. The minimum absolute atomic E-state index is 0.0372. The molecule has 0 spiro atoms. The Morgan fingerprint density at radius 2 is 1.89 bits per heavy atom. The lowest BCUT2D eigenvalue weighted by Gasteiger charge is -2.21. The summed E-state index contributed by atoms with van der Waals surface area (Å²) in [6.45, 7) is 3.84. The Morgan fingerprint density at radius 1 is 1.22 bits per heavy atom. The van der Waals surface area contributed by atoms with Crippen molar-refractivity contribution in [2.45, 2.75) is 26.6 Å². The molecule has 1 aliphatic heterocycles. The van der Waals surface area contributed by atoms with Crippen molar-refractivity contribution in [3.8, 4) is 0 Å². The maximum absolute atomic E-state index is 9.42. The molecule has 3 nitrogen and oxygen atoms in total. The molecule has 0 atom stereocenters. The average Bonchev–Trinajstić information content (AvgIpc) is 2.82. The van der Waals surface area contributed by atoms with Gasteiger partial charge in [0.25, 0.3) is 0 Å². The second-order valence-electron chi connectivity index (χ2n) is 4.74. The molecule has 0 saturated carbocycles. The number of aromatic nitrogens is 1. The Labute approximate surface area is 107 Å². The van der Waals surface area contributed by atoms with Gasteiger partial charge in [0.05, 0.1) is 6.61 Å². The van der Waals surface area contributed by atoms with Gasteiger partial charge in [-0.2, -0.15) is 0 Å². The fraction of sp³-hybridized carbons (Fsp3) is 0.267. The molecule has 3 heteroatoms. The van der Waals surface area contributed by atoms with E-state index in [0.29, 0.717) is 0 Å². The highest BCUT2D eigenvalue weighted by atomic mass is 16.3. The van der Waals surface area contributed by atoms with E-state index in [-0.39, 0.29) is 6.61 Å². The molecule has 0 bridgehead atoms. The van der Waals surface area contributed by atoms with E-state index in [1.165, 1.54) is 11.1 Å². The number of aliphatic hydroxyl groups is 1. The van der Waals surface area contributed by atoms with Crippen LogP contribution in [0.15, 0.2) is 36.5 Å². The van der Waals surface area contributed by atoms with Crippen LogP contribution in [0, 0.1) is 6.92 Å². The number of hydrogen-bond acceptors (Lipinski definition) is 3. The van der Waals surface area contributed by atoms with E-state index in [0.717, 1.165) is 30.0 Å². The quantitative estimate of drug-likeness (QED) is 0.875. The monoisotopic (exact) mass is 240 g/mol. The van der Waals surface area contributed by atoms with Crippen molar-refractivity contribution in [2.24, 2.45) is 0 Å². The first-order chi connectivity index (χ1) is 8.78. The van der Waals surface area contributed by atoms with Crippen molar-refractivity contribution in [3.63, 3.8) is 0 Å². The Bertz CT molecular complexity index is 555. The van der Waals surface area contributed by atoms with Gasteiger partial charge in [-0.3, -0.25) is 4.98 Å². The molecule has 1 aromatic heterocycles. The molecule has 1 aromatic carbocycles. The first-order valence-corrected chi connectivity index (χ1v) is 6.16. The number of pyridine rings is 1. The van der Waals surface area contributed by atoms with Crippen LogP contribution >= 0.6 is 0 Å². The van der Waals surface area contributed by atoms with Gasteiger partial charge in [0.2, 0.25) is 0 Å². The summed E-state index contributed by atoms with van der Waals surface area (Å²) in [6, 6.07) is 10.5. The van der Waals surface area contributed by atoms with E-state index >= 15 is 0 Å². The fourth-order valence-corrected chi connectivity index (χ4v) is 2.49. The van der Waals surface area contributed by atoms with Gasteiger partial charge >= 0.3 is 0 Å². The van der Waals surface area contributed by atoms with Gasteiger partial charge in [-0.1, -0.05) is 24.3 Å². The zero-order chi connectivity index (χ0) is 12.5. The van der Waals surface area contributed by atoms with Gasteiger partial charge in [-0.25, -0.2) is 0 Å². The highest BCUT2D eigenvalue weighted by Gasteiger charge is 2.20. The number of aliphatic hydroxyl groups excluding tert-OH is 1. The molecule has 2 aromatic rings. The molecule has 0 radical (unpaired) electrons. The molecule has 0 unspecified atom stereocenters. The topological polar surface area (TPSA) is 36.4 Å². The maximum atomic E-state index is 9.42. The van der Waals surface area contributed by atoms with Crippen LogP contribution in [0.1, 0.15) is 22.4 Å². The van der Waals surface area contributed by atoms with E-state index in [2.05, 4.69) is 40.2 Å². The Kier molecular flexibility index (Phi) is 2.76. The van der Waals surface area contributed by atoms with Gasteiger partial charge in [-0.05, 0) is 24.1 Å². The van der Waals surface area contributed by atoms with Crippen molar-refractivity contribution in [2.75, 3.05) is 4.90 Å². The highest BCUT2D eigenvalue weighted by Crippen LogP contribution is 2.30. The molecule has 92 valence electrons. The number of anilines is 1. The van der Waals surface area contributed by atoms with Crippen molar-refractivity contribution >= 4 is 5.69 Å². The summed E-state index contributed by atoms with van der Waals surface area (Å²) in [6.07, 6.45) is 1.77. The van der Waals surface area contributed by atoms with Crippen molar-refractivity contribution in [3.05, 3.63) is 58.9 Å². The summed E-state index contributed by atoms with van der Waals surface area (Å²) in [5.74, 6) is 0. The van der Waals surface area contributed by atoms with Crippen LogP contribution in [-0.4, -0.2) is 10.1 Å². The second kappa shape index (κ2) is 4.42. The minimum Gasteiger partial charge on any atom is -0.392 e. The molecular formula is C15H16N2O. The smallest absolute Gasteiger partial charge is 0.0717 e. The van der Waals surface area contributed by atoms with Gasteiger partial charge in [-0.15, -0.1) is 0 Å². The third-order valence-electron chi connectivity index (χ3n) is 3.45. The number of nitrogens with zero attached hydrogens (tertiary/aromatic N) is 2. The highest BCUT2D eigenvalue weighted by molar-refractivity contribution is 5.56. The van der Waals surface area contributed by atoms with Crippen LogP contribution in [0.3, 0.4) is 0 Å². The van der Waals surface area contributed by atoms with Gasteiger partial charge in [0.1, 0.15) is 0 Å². The van der Waals surface area contributed by atoms with Gasteiger partial charge in [0.15, 0.2) is 0 Å². The maximum Gasteiger partial charge on any atom is 0.0717 e. The molecule has 0 aliphatic carbocycles. The number of fused-ring (bicyclic) bond motifs is 1. The first kappa shape index (κ1) is 11.2. The Balaban J connectivity index is 1.97. The molecule has 18 heavy (non-hydrogen) atoms. The van der Waals surface area contributed by atoms with Crippen LogP contribution in [0.4, 0.5) is 5.69 Å². The summed E-state index contributed by atoms with van der Waals surface area (Å²) < 4.78 is 0. The standard InChI is InChI=1S/C15H16N2O/c1-11-6-15(14(10-18)7-16-11)17-8-12-4-2-3-5-13(12)9-17/h2-7,18H,8-10H2,1H3. The largest absolute Gasteiger partial charge is 0.392 e. The van der Waals surface area contributed by atoms with Crippen LogP contribution in [0.5, 0.6) is 0 Å². The fourth-order valence-electron chi connectivity index (χ4n) is 2.49. The third kappa shape index (κ3) is 1.87. The second-order valence-corrected chi connectivity index (χ2v) is 4.74. The molecule has 1 aliphatic rings. The predicted octanol–water partition coefficient (Wildman–Crippen LogP) is 2.40. The first-order valence-electron chi connectivity index (χ1n) is 6.16. The van der Waals surface area contributed by atoms with E-state index in [9.17, 15) is 5.11 Å². The van der Waals surface area contributed by atoms with E-state index in [1.807, 2.05) is 6.92 Å². The minimum atomic E-state index is 0.0372. The molecule has 1 N–H and O–H groups in total. The van der Waals surface area contributed by atoms with Crippen molar-refractivity contribution < 1.29 is 5.11 Å². The zero-order valence-corrected chi connectivity index (χ0v) is 10.4. The Morgan fingerprint density at radius 3 is 2.50 bits per heavy atom. The summed E-state index contributed by atoms with van der Waals surface area (Å²) in [7, 11) is 0. The Hall–Kier alpha value is -1.87. The molecule has 0 fully saturated rings. The number of benzene rings is 1. The number of aryl methyl sites for hydroxylation is 1. The summed E-state index contributed by atoms with van der Waals surface area (Å²) >= 11 is 0. The van der Waals surface area contributed by atoms with Crippen molar-refractivity contribution in [1.29, 1.82) is 0 Å². The SMILES string of the molecule is Cc1cc(N2Cc3ccccc3C2)c(CO)cn1. The number of hydrogen-bond donors (Lipinski definition) is 1. The van der Waals surface area contributed by atoms with E-state index < -0.39 is 0 Å². The zero-order valence-electron chi connectivity index (χ0n) is 10.4. The lowest BCUT2D eigenvalue weighted by atomic mass is 10.1. The van der Waals surface area contributed by atoms with E-state index in [1.54, 1.807) is 6.20 Å². The lowest BCUT2D eigenvalue weighted by Crippen LogP contribution is -2.17. The van der Waals surface area contributed by atoms with Crippen LogP contribution < -0.4 is 4.90 Å². The normalized spacial score (nSPS) is 13.8.